The molecule has 2 aliphatic rings. The quantitative estimate of drug-likeness (QED) is 0.617. The van der Waals surface area contributed by atoms with Crippen molar-refractivity contribution in [1.82, 2.24) is 25.2 Å². The molecule has 0 spiro atoms. The van der Waals surface area contributed by atoms with E-state index in [9.17, 15) is 13.6 Å². The van der Waals surface area contributed by atoms with Crippen molar-refractivity contribution in [2.75, 3.05) is 6.54 Å². The van der Waals surface area contributed by atoms with Crippen molar-refractivity contribution < 1.29 is 18.0 Å². The largest absolute Gasteiger partial charge is 0.418 e. The number of nitrogens with zero attached hydrogens (tertiary/aromatic N) is 5. The van der Waals surface area contributed by atoms with E-state index >= 15 is 0 Å². The normalized spacial score (nSPS) is 20.2. The van der Waals surface area contributed by atoms with E-state index in [2.05, 4.69) is 15.2 Å². The summed E-state index contributed by atoms with van der Waals surface area (Å²) >= 11 is 0. The first-order chi connectivity index (χ1) is 15.0. The number of fused-ring (bicyclic) bond motifs is 1. The van der Waals surface area contributed by atoms with Gasteiger partial charge >= 0.3 is 0 Å². The van der Waals surface area contributed by atoms with Crippen LogP contribution in [0.5, 0.6) is 0 Å². The summed E-state index contributed by atoms with van der Waals surface area (Å²) in [5.74, 6) is -0.435. The van der Waals surface area contributed by atoms with Crippen LogP contribution in [0.4, 0.5) is 8.78 Å². The van der Waals surface area contributed by atoms with Gasteiger partial charge < -0.3 is 4.42 Å². The Kier molecular flexibility index (Phi) is 4.97. The lowest BCUT2D eigenvalue weighted by molar-refractivity contribution is -0.0561. The zero-order valence-electron chi connectivity index (χ0n) is 17.0. The molecule has 1 saturated heterocycles. The van der Waals surface area contributed by atoms with Crippen LogP contribution in [0.15, 0.2) is 41.1 Å². The number of carbonyl (C=O) groups excluding carboxylic acids is 1. The highest BCUT2D eigenvalue weighted by molar-refractivity contribution is 5.99. The number of hydrogen-bond acceptors (Lipinski definition) is 6. The molecule has 4 heterocycles. The highest BCUT2D eigenvalue weighted by atomic mass is 19.1. The first kappa shape index (κ1) is 19.7. The molecule has 7 nitrogen and oxygen atoms in total. The predicted octanol–water partition coefficient (Wildman–Crippen LogP) is 4.40. The third-order valence-corrected chi connectivity index (χ3v) is 5.82. The summed E-state index contributed by atoms with van der Waals surface area (Å²) < 4.78 is 32.6. The molecule has 1 aromatic carbocycles. The first-order valence-electron chi connectivity index (χ1n) is 10.3. The van der Waals surface area contributed by atoms with Gasteiger partial charge in [0.25, 0.3) is 11.8 Å². The van der Waals surface area contributed by atoms with Gasteiger partial charge in [0.15, 0.2) is 6.17 Å². The molecule has 5 rings (SSSR count). The van der Waals surface area contributed by atoms with Crippen LogP contribution in [-0.2, 0) is 6.54 Å². The van der Waals surface area contributed by atoms with Crippen LogP contribution < -0.4 is 0 Å². The lowest BCUT2D eigenvalue weighted by Gasteiger charge is -2.41. The molecule has 2 aliphatic heterocycles. The molecule has 9 heteroatoms. The first-order valence-corrected chi connectivity index (χ1v) is 10.3. The zero-order chi connectivity index (χ0) is 21.5. The minimum Gasteiger partial charge on any atom is -0.418 e. The maximum absolute atomic E-state index is 13.8. The van der Waals surface area contributed by atoms with Crippen molar-refractivity contribution in [2.24, 2.45) is 0 Å². The monoisotopic (exact) mass is 425 g/mol. The van der Waals surface area contributed by atoms with E-state index < -0.39 is 6.17 Å². The van der Waals surface area contributed by atoms with Crippen LogP contribution in [0.25, 0.3) is 11.5 Å². The number of pyridine rings is 1. The van der Waals surface area contributed by atoms with Gasteiger partial charge in [-0.05, 0) is 49.1 Å². The molecular formula is C22H21F2N5O2. The van der Waals surface area contributed by atoms with Gasteiger partial charge in [0.1, 0.15) is 5.82 Å². The van der Waals surface area contributed by atoms with Gasteiger partial charge in [-0.25, -0.2) is 13.8 Å². The van der Waals surface area contributed by atoms with Crippen LogP contribution >= 0.6 is 0 Å². The maximum Gasteiger partial charge on any atom is 0.268 e. The third-order valence-electron chi connectivity index (χ3n) is 5.82. The molecule has 2 unspecified atom stereocenters. The molecule has 31 heavy (non-hydrogen) atoms. The molecule has 0 saturated carbocycles. The maximum atomic E-state index is 13.8. The Hall–Kier alpha value is -3.20. The van der Waals surface area contributed by atoms with Gasteiger partial charge in [-0.15, -0.1) is 10.2 Å². The van der Waals surface area contributed by atoms with Crippen molar-refractivity contribution in [3.63, 3.8) is 0 Å². The summed E-state index contributed by atoms with van der Waals surface area (Å²) in [6.07, 6.45) is 4.27. The van der Waals surface area contributed by atoms with Gasteiger partial charge in [-0.2, -0.15) is 0 Å². The highest BCUT2D eigenvalue weighted by Crippen LogP contribution is 2.37. The molecular weight excluding hydrogens is 404 g/mol. The van der Waals surface area contributed by atoms with Crippen LogP contribution in [0, 0.1) is 5.82 Å². The third kappa shape index (κ3) is 3.59. The number of piperidine rings is 1. The average Bonchev–Trinajstić information content (AvgIpc) is 3.39. The van der Waals surface area contributed by atoms with Crippen LogP contribution in [0.3, 0.4) is 0 Å². The molecule has 2 aromatic heterocycles. The molecule has 2 atom stereocenters. The molecule has 1 amide bonds. The molecule has 1 fully saturated rings. The molecule has 0 radical (unpaired) electrons. The Labute approximate surface area is 177 Å². The van der Waals surface area contributed by atoms with E-state index in [1.807, 2.05) is 11.1 Å². The SMILES string of the molecule is CC(F)c1nnc(-c2ccc3c(c2)C(=O)N(N2CCCCC2c2cncc(F)c2)C3)o1. The smallest absolute Gasteiger partial charge is 0.268 e. The van der Waals surface area contributed by atoms with Gasteiger partial charge in [0.2, 0.25) is 5.89 Å². The number of carbonyl (C=O) groups is 1. The number of amides is 1. The summed E-state index contributed by atoms with van der Waals surface area (Å²) in [4.78, 5) is 17.3. The number of rotatable bonds is 4. The van der Waals surface area contributed by atoms with E-state index in [1.165, 1.54) is 19.2 Å². The Balaban J connectivity index is 1.43. The van der Waals surface area contributed by atoms with Crippen molar-refractivity contribution in [3.05, 3.63) is 65.1 Å². The van der Waals surface area contributed by atoms with Crippen molar-refractivity contribution in [2.45, 2.75) is 44.9 Å². The number of hydrazine groups is 1. The predicted molar refractivity (Wildman–Crippen MR) is 107 cm³/mol. The lowest BCUT2D eigenvalue weighted by atomic mass is 9.98. The van der Waals surface area contributed by atoms with E-state index in [-0.39, 0.29) is 29.5 Å². The highest BCUT2D eigenvalue weighted by Gasteiger charge is 2.37. The second-order valence-corrected chi connectivity index (χ2v) is 7.91. The van der Waals surface area contributed by atoms with E-state index in [1.54, 1.807) is 23.3 Å². The van der Waals surface area contributed by atoms with E-state index in [0.29, 0.717) is 24.2 Å². The molecule has 0 N–H and O–H groups in total. The molecule has 160 valence electrons. The molecule has 0 bridgehead atoms. The number of benzene rings is 1. The standard InChI is InChI=1S/C22H21F2N5O2/c1-13(23)20-26-27-21(31-20)14-5-6-15-12-29(22(30)18(15)9-14)28-7-3-2-4-19(28)16-8-17(24)11-25-10-16/h5-6,8-11,13,19H,2-4,7,12H2,1H3. The minimum atomic E-state index is -1.36. The van der Waals surface area contributed by atoms with Crippen molar-refractivity contribution >= 4 is 5.91 Å². The summed E-state index contributed by atoms with van der Waals surface area (Å²) in [6.45, 7) is 2.46. The Morgan fingerprint density at radius 1 is 1.19 bits per heavy atom. The zero-order valence-corrected chi connectivity index (χ0v) is 17.0. The Morgan fingerprint density at radius 2 is 2.06 bits per heavy atom. The fourth-order valence-electron chi connectivity index (χ4n) is 4.29. The van der Waals surface area contributed by atoms with Crippen LogP contribution in [0.1, 0.15) is 65.8 Å². The van der Waals surface area contributed by atoms with Crippen molar-refractivity contribution in [1.29, 1.82) is 0 Å². The van der Waals surface area contributed by atoms with Gasteiger partial charge in [-0.1, -0.05) is 12.5 Å². The second-order valence-electron chi connectivity index (χ2n) is 7.91. The number of alkyl halides is 1. The lowest BCUT2D eigenvalue weighted by Crippen LogP contribution is -2.47. The van der Waals surface area contributed by atoms with E-state index in [0.717, 1.165) is 30.4 Å². The van der Waals surface area contributed by atoms with Gasteiger partial charge in [0, 0.05) is 23.9 Å². The summed E-state index contributed by atoms with van der Waals surface area (Å²) in [7, 11) is 0. The second kappa shape index (κ2) is 7.81. The van der Waals surface area contributed by atoms with E-state index in [4.69, 9.17) is 4.42 Å². The minimum absolute atomic E-state index is 0.0942. The summed E-state index contributed by atoms with van der Waals surface area (Å²) in [6, 6.07) is 6.73. The molecule has 3 aromatic rings. The van der Waals surface area contributed by atoms with Crippen LogP contribution in [-0.4, -0.2) is 37.7 Å². The fourth-order valence-corrected chi connectivity index (χ4v) is 4.29. The number of aromatic nitrogens is 3. The Bertz CT molecular complexity index is 1130. The summed E-state index contributed by atoms with van der Waals surface area (Å²) in [5.41, 5.74) is 2.77. The van der Waals surface area contributed by atoms with Crippen LogP contribution in [0.2, 0.25) is 0 Å². The van der Waals surface area contributed by atoms with Crippen molar-refractivity contribution in [3.8, 4) is 11.5 Å². The topological polar surface area (TPSA) is 75.4 Å². The van der Waals surface area contributed by atoms with Gasteiger partial charge in [0.05, 0.1) is 18.8 Å². The van der Waals surface area contributed by atoms with Gasteiger partial charge in [-0.3, -0.25) is 14.8 Å². The number of halogens is 2. The fraction of sp³-hybridized carbons (Fsp3) is 0.364. The molecule has 0 aliphatic carbocycles. The Morgan fingerprint density at radius 3 is 2.84 bits per heavy atom. The number of hydrogen-bond donors (Lipinski definition) is 0. The average molecular weight is 425 g/mol. The summed E-state index contributed by atoms with van der Waals surface area (Å²) in [5, 5.41) is 11.4.